The van der Waals surface area contributed by atoms with E-state index in [9.17, 15) is 0 Å². The van der Waals surface area contributed by atoms with Crippen LogP contribution in [-0.4, -0.2) is 5.54 Å². The summed E-state index contributed by atoms with van der Waals surface area (Å²) in [5.41, 5.74) is 9.23. The average molecular weight is 389 g/mol. The molecule has 0 aromatic heterocycles. The number of nitrogens with two attached hydrogens (primary N) is 1. The lowest BCUT2D eigenvalue weighted by molar-refractivity contribution is 0.646. The monoisotopic (exact) mass is 387 g/mol. The van der Waals surface area contributed by atoms with Crippen molar-refractivity contribution in [2.24, 2.45) is 5.73 Å². The summed E-state index contributed by atoms with van der Waals surface area (Å²) in [6.45, 7) is 0. The lowest BCUT2D eigenvalue weighted by Crippen LogP contribution is -2.27. The van der Waals surface area contributed by atoms with Crippen molar-refractivity contribution in [3.63, 3.8) is 0 Å². The lowest BCUT2D eigenvalue weighted by atomic mass is 9.97. The van der Waals surface area contributed by atoms with Crippen molar-refractivity contribution in [2.75, 3.05) is 0 Å². The molecular formula is C20H19BrClN. The van der Waals surface area contributed by atoms with Crippen LogP contribution in [0.15, 0.2) is 71.2 Å². The highest BCUT2D eigenvalue weighted by atomic mass is 79.9. The van der Waals surface area contributed by atoms with E-state index in [0.717, 1.165) is 17.3 Å². The summed E-state index contributed by atoms with van der Waals surface area (Å²) in [4.78, 5) is 0. The van der Waals surface area contributed by atoms with Gasteiger partial charge >= 0.3 is 0 Å². The Hall–Kier alpha value is -1.35. The van der Waals surface area contributed by atoms with Gasteiger partial charge in [-0.25, -0.2) is 0 Å². The van der Waals surface area contributed by atoms with Crippen molar-refractivity contribution in [2.45, 2.75) is 24.3 Å². The summed E-state index contributed by atoms with van der Waals surface area (Å²) in [7, 11) is 0. The topological polar surface area (TPSA) is 26.0 Å². The molecule has 0 radical (unpaired) electrons. The maximum Gasteiger partial charge on any atom is 0.0271 e. The summed E-state index contributed by atoms with van der Waals surface area (Å²) in [5, 5.41) is 2.59. The van der Waals surface area contributed by atoms with Crippen LogP contribution >= 0.6 is 28.3 Å². The van der Waals surface area contributed by atoms with Gasteiger partial charge in [0.1, 0.15) is 0 Å². The summed E-state index contributed by atoms with van der Waals surface area (Å²) < 4.78 is 1.12. The van der Waals surface area contributed by atoms with Crippen molar-refractivity contribution < 1.29 is 0 Å². The molecule has 2 N–H and O–H groups in total. The molecule has 1 aliphatic carbocycles. The van der Waals surface area contributed by atoms with E-state index < -0.39 is 0 Å². The quantitative estimate of drug-likeness (QED) is 0.634. The predicted octanol–water partition coefficient (Wildman–Crippen LogP) is 5.45. The first-order valence-electron chi connectivity index (χ1n) is 7.66. The first-order chi connectivity index (χ1) is 10.6. The van der Waals surface area contributed by atoms with E-state index in [-0.39, 0.29) is 17.9 Å². The van der Waals surface area contributed by atoms with Crippen molar-refractivity contribution >= 4 is 39.1 Å². The normalized spacial score (nSPS) is 22.6. The molecule has 3 heteroatoms. The molecule has 3 aromatic carbocycles. The fourth-order valence-corrected chi connectivity index (χ4v) is 3.65. The summed E-state index contributed by atoms with van der Waals surface area (Å²) in [6.07, 6.45) is 2.01. The summed E-state index contributed by atoms with van der Waals surface area (Å²) in [6, 6.07) is 23.8. The minimum Gasteiger partial charge on any atom is -0.324 e. The lowest BCUT2D eigenvalue weighted by Gasteiger charge is -2.13. The van der Waals surface area contributed by atoms with E-state index in [1.807, 2.05) is 0 Å². The largest absolute Gasteiger partial charge is 0.324 e. The minimum atomic E-state index is -0.0870. The van der Waals surface area contributed by atoms with Crippen LogP contribution in [0.1, 0.15) is 23.5 Å². The molecule has 0 aliphatic heterocycles. The van der Waals surface area contributed by atoms with Gasteiger partial charge in [-0.15, -0.1) is 12.4 Å². The number of benzene rings is 3. The highest BCUT2D eigenvalue weighted by molar-refractivity contribution is 9.10. The van der Waals surface area contributed by atoms with E-state index in [2.05, 4.69) is 82.7 Å². The number of halogens is 2. The molecule has 0 bridgehead atoms. The van der Waals surface area contributed by atoms with Crippen molar-refractivity contribution in [3.05, 3.63) is 82.3 Å². The maximum absolute atomic E-state index is 6.63. The Labute approximate surface area is 151 Å². The third-order valence-electron chi connectivity index (χ3n) is 4.74. The van der Waals surface area contributed by atoms with E-state index >= 15 is 0 Å². The molecule has 3 aromatic rings. The molecule has 4 rings (SSSR count). The van der Waals surface area contributed by atoms with Crippen LogP contribution in [0.3, 0.4) is 0 Å². The van der Waals surface area contributed by atoms with Gasteiger partial charge < -0.3 is 5.73 Å². The van der Waals surface area contributed by atoms with Gasteiger partial charge in [-0.2, -0.15) is 0 Å². The summed E-state index contributed by atoms with van der Waals surface area (Å²) in [5.74, 6) is 0.479. The third kappa shape index (κ3) is 3.30. The fourth-order valence-electron chi connectivity index (χ4n) is 3.39. The van der Waals surface area contributed by atoms with Crippen LogP contribution in [0.2, 0.25) is 0 Å². The first-order valence-corrected chi connectivity index (χ1v) is 8.45. The van der Waals surface area contributed by atoms with E-state index in [4.69, 9.17) is 5.73 Å². The zero-order valence-electron chi connectivity index (χ0n) is 12.7. The Bertz CT molecular complexity index is 830. The van der Waals surface area contributed by atoms with Crippen LogP contribution in [-0.2, 0) is 6.42 Å². The van der Waals surface area contributed by atoms with E-state index in [1.54, 1.807) is 0 Å². The van der Waals surface area contributed by atoms with Crippen molar-refractivity contribution in [3.8, 4) is 0 Å². The van der Waals surface area contributed by atoms with E-state index in [0.29, 0.717) is 5.92 Å². The van der Waals surface area contributed by atoms with Crippen LogP contribution in [0.5, 0.6) is 0 Å². The highest BCUT2D eigenvalue weighted by Gasteiger charge is 2.51. The molecule has 0 unspecified atom stereocenters. The molecule has 1 saturated carbocycles. The number of hydrogen-bond donors (Lipinski definition) is 1. The SMILES string of the molecule is Cl.N[C@]1(Cc2ccc3ccccc3c2)C[C@@H]1c1ccc(Br)cc1. The second kappa shape index (κ2) is 6.27. The zero-order valence-corrected chi connectivity index (χ0v) is 15.1. The van der Waals surface area contributed by atoms with E-state index in [1.165, 1.54) is 21.9 Å². The maximum atomic E-state index is 6.63. The van der Waals surface area contributed by atoms with Gasteiger partial charge in [-0.05, 0) is 46.9 Å². The van der Waals surface area contributed by atoms with Crippen molar-refractivity contribution in [1.29, 1.82) is 0 Å². The Morgan fingerprint density at radius 2 is 1.65 bits per heavy atom. The Morgan fingerprint density at radius 1 is 0.957 bits per heavy atom. The summed E-state index contributed by atoms with van der Waals surface area (Å²) >= 11 is 3.49. The Kier molecular flexibility index (Phi) is 4.50. The molecule has 1 aliphatic rings. The third-order valence-corrected chi connectivity index (χ3v) is 5.27. The van der Waals surface area contributed by atoms with Crippen molar-refractivity contribution in [1.82, 2.24) is 0 Å². The molecule has 2 atom stereocenters. The second-order valence-electron chi connectivity index (χ2n) is 6.40. The molecule has 1 nitrogen and oxygen atoms in total. The molecule has 0 heterocycles. The molecule has 0 saturated heterocycles. The predicted molar refractivity (Wildman–Crippen MR) is 103 cm³/mol. The minimum absolute atomic E-state index is 0. The molecule has 1 fully saturated rings. The number of hydrogen-bond acceptors (Lipinski definition) is 1. The molecule has 0 amide bonds. The second-order valence-corrected chi connectivity index (χ2v) is 7.32. The smallest absolute Gasteiger partial charge is 0.0271 e. The van der Waals surface area contributed by atoms with Gasteiger partial charge in [-0.3, -0.25) is 0 Å². The molecule has 118 valence electrons. The molecular weight excluding hydrogens is 370 g/mol. The van der Waals surface area contributed by atoms with Gasteiger partial charge in [0.15, 0.2) is 0 Å². The molecule has 0 spiro atoms. The Balaban J connectivity index is 0.00000156. The molecule has 23 heavy (non-hydrogen) atoms. The van der Waals surface area contributed by atoms with Gasteiger partial charge in [-0.1, -0.05) is 70.5 Å². The zero-order chi connectivity index (χ0) is 15.2. The Morgan fingerprint density at radius 3 is 2.39 bits per heavy atom. The number of rotatable bonds is 3. The number of fused-ring (bicyclic) bond motifs is 1. The van der Waals surface area contributed by atoms with Crippen LogP contribution < -0.4 is 5.73 Å². The average Bonchev–Trinajstić information content (AvgIpc) is 3.19. The van der Waals surface area contributed by atoms with Gasteiger partial charge in [0.2, 0.25) is 0 Å². The first kappa shape index (κ1) is 16.5. The van der Waals surface area contributed by atoms with Gasteiger partial charge in [0.25, 0.3) is 0 Å². The highest BCUT2D eigenvalue weighted by Crippen LogP contribution is 2.51. The fraction of sp³-hybridized carbons (Fsp3) is 0.200. The van der Waals surface area contributed by atoms with Crippen LogP contribution in [0.25, 0.3) is 10.8 Å². The van der Waals surface area contributed by atoms with Crippen LogP contribution in [0.4, 0.5) is 0 Å². The standard InChI is InChI=1S/C20H18BrN.ClH/c21-18-9-7-16(8-10-18)19-13-20(19,22)12-14-5-6-15-3-1-2-4-17(15)11-14;/h1-11,19H,12-13,22H2;1H/t19-,20-;/m1./s1. The van der Waals surface area contributed by atoms with Gasteiger partial charge in [0, 0.05) is 15.9 Å². The van der Waals surface area contributed by atoms with Crippen LogP contribution in [0, 0.1) is 0 Å². The van der Waals surface area contributed by atoms with Gasteiger partial charge in [0.05, 0.1) is 0 Å².